The lowest BCUT2D eigenvalue weighted by atomic mass is 10.0. The molecule has 0 radical (unpaired) electrons. The van der Waals surface area contributed by atoms with E-state index in [0.29, 0.717) is 16.5 Å². The lowest BCUT2D eigenvalue weighted by Gasteiger charge is -2.48. The van der Waals surface area contributed by atoms with Gasteiger partial charge in [0, 0.05) is 11.1 Å². The van der Waals surface area contributed by atoms with Crippen LogP contribution in [0, 0.1) is 0 Å². The molecule has 0 spiro atoms. The summed E-state index contributed by atoms with van der Waals surface area (Å²) >= 11 is 2.63. The third kappa shape index (κ3) is 5.36. The minimum Gasteiger partial charge on any atom is -0.507 e. The van der Waals surface area contributed by atoms with Crippen molar-refractivity contribution in [2.75, 3.05) is 5.75 Å². The first-order valence-electron chi connectivity index (χ1n) is 13.1. The van der Waals surface area contributed by atoms with Gasteiger partial charge in [-0.2, -0.15) is 0 Å². The lowest BCUT2D eigenvalue weighted by Crippen LogP contribution is -2.70. The third-order valence-electron chi connectivity index (χ3n) is 6.93. The molecule has 3 heterocycles. The number of ether oxygens (including phenoxy) is 1. The number of rotatable bonds is 8. The molecular formula is C31H25N3O6S2. The maximum absolute atomic E-state index is 13.4. The monoisotopic (exact) mass is 599 g/mol. The van der Waals surface area contributed by atoms with E-state index in [1.54, 1.807) is 11.5 Å². The zero-order valence-electron chi connectivity index (χ0n) is 22.0. The highest BCUT2D eigenvalue weighted by Gasteiger charge is 2.53. The Morgan fingerprint density at radius 1 is 0.976 bits per heavy atom. The molecular weight excluding hydrogens is 574 g/mol. The number of carbonyl (C=O) groups excluding carboxylic acids is 3. The molecule has 0 aliphatic carbocycles. The molecule has 6 rings (SSSR count). The Morgan fingerprint density at radius 3 is 2.26 bits per heavy atom. The van der Waals surface area contributed by atoms with Crippen molar-refractivity contribution in [1.29, 1.82) is 0 Å². The summed E-state index contributed by atoms with van der Waals surface area (Å²) in [6.07, 6.45) is 0.938. The van der Waals surface area contributed by atoms with Gasteiger partial charge < -0.3 is 20.3 Å². The Hall–Kier alpha value is -4.61. The number of hydrogen-bond acceptors (Lipinski definition) is 9. The fourth-order valence-corrected chi connectivity index (χ4v) is 7.00. The summed E-state index contributed by atoms with van der Waals surface area (Å²) in [5.41, 5.74) is 2.42. The van der Waals surface area contributed by atoms with Crippen molar-refractivity contribution in [3.05, 3.63) is 113 Å². The second-order valence-corrected chi connectivity index (χ2v) is 11.7. The van der Waals surface area contributed by atoms with Crippen LogP contribution in [0.25, 0.3) is 10.6 Å². The number of phenolic OH excluding ortho intramolecular Hbond substituents is 2. The van der Waals surface area contributed by atoms with E-state index in [9.17, 15) is 24.6 Å². The molecule has 42 heavy (non-hydrogen) atoms. The highest BCUT2D eigenvalue weighted by molar-refractivity contribution is 8.00. The average Bonchev–Trinajstić information content (AvgIpc) is 3.46. The molecule has 1 fully saturated rings. The Labute approximate surface area is 249 Å². The maximum atomic E-state index is 13.4. The fourth-order valence-electron chi connectivity index (χ4n) is 4.92. The van der Waals surface area contributed by atoms with Gasteiger partial charge in [-0.15, -0.1) is 23.1 Å². The molecule has 0 saturated carbocycles. The van der Waals surface area contributed by atoms with Gasteiger partial charge in [0.05, 0.1) is 17.7 Å². The number of hydrogen-bond donors (Lipinski definition) is 3. The first kappa shape index (κ1) is 27.6. The van der Waals surface area contributed by atoms with Crippen LogP contribution in [0.1, 0.15) is 22.9 Å². The van der Waals surface area contributed by atoms with Gasteiger partial charge in [0.1, 0.15) is 33.6 Å². The molecule has 11 heteroatoms. The Balaban J connectivity index is 1.11. The highest BCUT2D eigenvalue weighted by atomic mass is 32.2. The molecule has 4 aromatic rings. The second kappa shape index (κ2) is 11.7. The van der Waals surface area contributed by atoms with Crippen LogP contribution in [0.4, 0.5) is 0 Å². The van der Waals surface area contributed by atoms with Gasteiger partial charge in [0.2, 0.25) is 5.91 Å². The standard InChI is InChI=1S/C31H25N3O6S2/c35-22-12-7-13-23(36)25(22)28-32-20(17-42-28)16-24(37)33-26-29(38)34-21(14-15-41-30(26)34)31(39)40-27(18-8-3-1-4-9-18)19-10-5-2-6-11-19/h1-14,17,26-27,30,35-36H,15-16H2,(H,33,37)/t26-,30-/m1/s1. The molecule has 3 aromatic carbocycles. The van der Waals surface area contributed by atoms with Crippen LogP contribution in [0.2, 0.25) is 0 Å². The number of aromatic hydroxyl groups is 2. The number of esters is 1. The normalized spacial score (nSPS) is 17.7. The quantitative estimate of drug-likeness (QED) is 0.201. The minimum atomic E-state index is -0.793. The number of carbonyl (C=O) groups is 3. The minimum absolute atomic E-state index is 0.0907. The zero-order valence-corrected chi connectivity index (χ0v) is 23.7. The number of nitrogens with zero attached hydrogens (tertiary/aromatic N) is 2. The van der Waals surface area contributed by atoms with Crippen LogP contribution in [0.5, 0.6) is 11.5 Å². The number of β-lactam (4-membered cyclic amide) rings is 1. The largest absolute Gasteiger partial charge is 0.507 e. The molecule has 212 valence electrons. The van der Waals surface area contributed by atoms with Crippen LogP contribution in [-0.2, 0) is 25.5 Å². The Bertz CT molecular complexity index is 1610. The Morgan fingerprint density at radius 2 is 1.62 bits per heavy atom. The molecule has 2 aliphatic heterocycles. The molecule has 1 aromatic heterocycles. The summed E-state index contributed by atoms with van der Waals surface area (Å²) in [6.45, 7) is 0. The number of benzene rings is 3. The highest BCUT2D eigenvalue weighted by Crippen LogP contribution is 2.40. The van der Waals surface area contributed by atoms with E-state index >= 15 is 0 Å². The second-order valence-electron chi connectivity index (χ2n) is 9.67. The van der Waals surface area contributed by atoms with Crippen LogP contribution >= 0.6 is 23.1 Å². The number of aromatic nitrogens is 1. The number of phenols is 2. The van der Waals surface area contributed by atoms with Crippen molar-refractivity contribution < 1.29 is 29.3 Å². The lowest BCUT2D eigenvalue weighted by molar-refractivity contribution is -0.154. The van der Waals surface area contributed by atoms with Gasteiger partial charge in [-0.05, 0) is 29.3 Å². The summed E-state index contributed by atoms with van der Waals surface area (Å²) in [4.78, 5) is 45.2. The third-order valence-corrected chi connectivity index (χ3v) is 9.02. The van der Waals surface area contributed by atoms with Gasteiger partial charge in [-0.3, -0.25) is 14.5 Å². The molecule has 3 N–H and O–H groups in total. The van der Waals surface area contributed by atoms with Crippen molar-refractivity contribution >= 4 is 40.9 Å². The van der Waals surface area contributed by atoms with E-state index in [-0.39, 0.29) is 29.2 Å². The van der Waals surface area contributed by atoms with E-state index in [4.69, 9.17) is 4.74 Å². The first-order chi connectivity index (χ1) is 20.4. The predicted octanol–water partition coefficient (Wildman–Crippen LogP) is 4.38. The van der Waals surface area contributed by atoms with Crippen molar-refractivity contribution in [2.45, 2.75) is 23.9 Å². The van der Waals surface area contributed by atoms with Gasteiger partial charge in [0.15, 0.2) is 6.10 Å². The predicted molar refractivity (Wildman–Crippen MR) is 159 cm³/mol. The fraction of sp³-hybridized carbons (Fsp3) is 0.161. The van der Waals surface area contributed by atoms with E-state index in [1.807, 2.05) is 60.7 Å². The van der Waals surface area contributed by atoms with Gasteiger partial charge >= 0.3 is 5.97 Å². The van der Waals surface area contributed by atoms with E-state index in [0.717, 1.165) is 11.1 Å². The molecule has 2 amide bonds. The van der Waals surface area contributed by atoms with Gasteiger partial charge in [-0.25, -0.2) is 9.78 Å². The number of thioether (sulfide) groups is 1. The molecule has 0 bridgehead atoms. The van der Waals surface area contributed by atoms with Crippen molar-refractivity contribution in [3.8, 4) is 22.1 Å². The number of fused-ring (bicyclic) bond motifs is 1. The topological polar surface area (TPSA) is 129 Å². The molecule has 0 unspecified atom stereocenters. The van der Waals surface area contributed by atoms with Crippen LogP contribution in [0.3, 0.4) is 0 Å². The average molecular weight is 600 g/mol. The summed E-state index contributed by atoms with van der Waals surface area (Å²) in [6, 6.07) is 22.4. The van der Waals surface area contributed by atoms with Crippen LogP contribution in [0.15, 0.2) is 96.0 Å². The molecule has 2 aliphatic rings. The SMILES string of the molecule is O=C(Cc1csc(-c2c(O)cccc2O)n1)N[C@@H]1C(=O)N2C(C(=O)OC(c3ccccc3)c3ccccc3)=CCS[C@H]12. The summed E-state index contributed by atoms with van der Waals surface area (Å²) in [5, 5.41) is 24.6. The van der Waals surface area contributed by atoms with Crippen LogP contribution in [-0.4, -0.2) is 55.0 Å². The molecule has 1 saturated heterocycles. The van der Waals surface area contributed by atoms with E-state index in [2.05, 4.69) is 10.3 Å². The van der Waals surface area contributed by atoms with E-state index < -0.39 is 35.3 Å². The molecule has 9 nitrogen and oxygen atoms in total. The summed E-state index contributed by atoms with van der Waals surface area (Å²) in [5.74, 6) is -1.16. The number of amides is 2. The van der Waals surface area contributed by atoms with Crippen LogP contribution < -0.4 is 5.32 Å². The summed E-state index contributed by atoms with van der Waals surface area (Å²) < 4.78 is 5.97. The number of thiazole rings is 1. The first-order valence-corrected chi connectivity index (χ1v) is 15.0. The van der Waals surface area contributed by atoms with E-state index in [1.165, 1.54) is 46.2 Å². The van der Waals surface area contributed by atoms with Gasteiger partial charge in [-0.1, -0.05) is 66.7 Å². The smallest absolute Gasteiger partial charge is 0.355 e. The maximum Gasteiger partial charge on any atom is 0.355 e. The number of nitrogens with one attached hydrogen (secondary N) is 1. The molecule has 2 atom stereocenters. The zero-order chi connectivity index (χ0) is 29.2. The van der Waals surface area contributed by atoms with Crippen molar-refractivity contribution in [1.82, 2.24) is 15.2 Å². The van der Waals surface area contributed by atoms with Gasteiger partial charge in [0.25, 0.3) is 5.91 Å². The van der Waals surface area contributed by atoms with Crippen molar-refractivity contribution in [3.63, 3.8) is 0 Å². The summed E-state index contributed by atoms with van der Waals surface area (Å²) in [7, 11) is 0. The Kier molecular flexibility index (Phi) is 7.68. The van der Waals surface area contributed by atoms with Crippen molar-refractivity contribution in [2.24, 2.45) is 0 Å².